The highest BCUT2D eigenvalue weighted by molar-refractivity contribution is 6.74. The highest BCUT2D eigenvalue weighted by Gasteiger charge is 2.54. The molecule has 1 aliphatic rings. The van der Waals surface area contributed by atoms with Gasteiger partial charge >= 0.3 is 5.97 Å². The van der Waals surface area contributed by atoms with Crippen molar-refractivity contribution in [1.29, 1.82) is 0 Å². The van der Waals surface area contributed by atoms with Gasteiger partial charge in [0.1, 0.15) is 12.2 Å². The number of benzene rings is 1. The first kappa shape index (κ1) is 33.2. The average molecular weight is 567 g/mol. The maximum absolute atomic E-state index is 13.6. The van der Waals surface area contributed by atoms with Crippen molar-refractivity contribution in [3.05, 3.63) is 35.9 Å². The third-order valence-electron chi connectivity index (χ3n) is 9.13. The zero-order valence-corrected chi connectivity index (χ0v) is 28.4. The van der Waals surface area contributed by atoms with Gasteiger partial charge in [0.25, 0.3) is 0 Å². The Morgan fingerprint density at radius 1 is 0.842 bits per heavy atom. The van der Waals surface area contributed by atoms with Gasteiger partial charge in [-0.15, -0.1) is 0 Å². The van der Waals surface area contributed by atoms with E-state index in [1.54, 1.807) is 7.11 Å². The van der Waals surface area contributed by atoms with Crippen LogP contribution < -0.4 is 0 Å². The third kappa shape index (κ3) is 7.58. The number of hydrogen-bond donors (Lipinski definition) is 0. The first-order valence-corrected chi connectivity index (χ1v) is 19.8. The third-order valence-corrected chi connectivity index (χ3v) is 18.1. The van der Waals surface area contributed by atoms with Gasteiger partial charge in [0.05, 0.1) is 12.0 Å². The van der Waals surface area contributed by atoms with E-state index in [0.717, 1.165) is 5.56 Å². The van der Waals surface area contributed by atoms with Crippen LogP contribution in [-0.2, 0) is 27.9 Å². The molecule has 1 aromatic carbocycles. The predicted molar refractivity (Wildman–Crippen MR) is 159 cm³/mol. The molecular formula is C30H54O6Si2. The Morgan fingerprint density at radius 3 is 1.76 bits per heavy atom. The van der Waals surface area contributed by atoms with Crippen molar-refractivity contribution in [3.63, 3.8) is 0 Å². The molecule has 0 spiro atoms. The summed E-state index contributed by atoms with van der Waals surface area (Å²) in [6.45, 7) is 28.1. The van der Waals surface area contributed by atoms with Gasteiger partial charge in [0.2, 0.25) is 0 Å². The smallest absolute Gasteiger partial charge is 0.309 e. The molecule has 7 atom stereocenters. The summed E-state index contributed by atoms with van der Waals surface area (Å²) in [6, 6.07) is 10.1. The van der Waals surface area contributed by atoms with Gasteiger partial charge in [0.15, 0.2) is 29.0 Å². The Bertz CT molecular complexity index is 906. The lowest BCUT2D eigenvalue weighted by atomic mass is 9.89. The second-order valence-electron chi connectivity index (χ2n) is 14.0. The van der Waals surface area contributed by atoms with Gasteiger partial charge < -0.3 is 23.1 Å². The van der Waals surface area contributed by atoms with Crippen LogP contribution in [0, 0.1) is 5.92 Å². The lowest BCUT2D eigenvalue weighted by Gasteiger charge is -2.51. The number of hydrogen-bond acceptors (Lipinski definition) is 6. The Hall–Kier alpha value is -1.04. The van der Waals surface area contributed by atoms with Crippen molar-refractivity contribution in [2.24, 2.45) is 5.92 Å². The normalized spacial score (nSPS) is 27.1. The van der Waals surface area contributed by atoms with Crippen LogP contribution in [-0.4, -0.2) is 60.4 Å². The van der Waals surface area contributed by atoms with Crippen LogP contribution in [0.1, 0.15) is 73.8 Å². The fourth-order valence-corrected chi connectivity index (χ4v) is 6.69. The van der Waals surface area contributed by atoms with Crippen molar-refractivity contribution in [2.45, 2.75) is 135 Å². The molecule has 6 nitrogen and oxygen atoms in total. The summed E-state index contributed by atoms with van der Waals surface area (Å²) in [4.78, 5) is 13.6. The second kappa shape index (κ2) is 12.2. The summed E-state index contributed by atoms with van der Waals surface area (Å²) in [5.41, 5.74) is 1.11. The first-order chi connectivity index (χ1) is 17.2. The van der Waals surface area contributed by atoms with Crippen molar-refractivity contribution >= 4 is 22.6 Å². The molecule has 0 N–H and O–H groups in total. The molecule has 1 aliphatic heterocycles. The molecule has 1 heterocycles. The molecule has 0 saturated carbocycles. The van der Waals surface area contributed by atoms with Gasteiger partial charge in [0, 0.05) is 7.11 Å². The van der Waals surface area contributed by atoms with E-state index in [4.69, 9.17) is 23.1 Å². The van der Waals surface area contributed by atoms with Crippen LogP contribution in [0.2, 0.25) is 36.3 Å². The molecule has 0 aromatic heterocycles. The molecule has 0 amide bonds. The number of carbonyl (C=O) groups excluding carboxylic acids is 1. The van der Waals surface area contributed by atoms with Gasteiger partial charge in [-0.1, -0.05) is 85.7 Å². The summed E-state index contributed by atoms with van der Waals surface area (Å²) in [5.74, 6) is -0.583. The van der Waals surface area contributed by atoms with E-state index in [1.807, 2.05) is 32.0 Å². The van der Waals surface area contributed by atoms with Crippen LogP contribution in [0.3, 0.4) is 0 Å². The maximum atomic E-state index is 13.6. The minimum absolute atomic E-state index is 0.00859. The van der Waals surface area contributed by atoms with E-state index in [2.05, 4.69) is 86.8 Å². The van der Waals surface area contributed by atoms with Gasteiger partial charge in [-0.05, 0) is 54.7 Å². The van der Waals surface area contributed by atoms with Gasteiger partial charge in [-0.3, -0.25) is 4.79 Å². The summed E-state index contributed by atoms with van der Waals surface area (Å²) in [6.07, 6.45) is -2.70. The predicted octanol–water partition coefficient (Wildman–Crippen LogP) is 7.51. The van der Waals surface area contributed by atoms with E-state index < -0.39 is 47.3 Å². The average Bonchev–Trinajstić information content (AvgIpc) is 2.80. The minimum atomic E-state index is -2.29. The first-order valence-electron chi connectivity index (χ1n) is 14.0. The van der Waals surface area contributed by atoms with Crippen LogP contribution in [0.15, 0.2) is 30.3 Å². The summed E-state index contributed by atoms with van der Waals surface area (Å²) < 4.78 is 32.5. The Kier molecular flexibility index (Phi) is 10.7. The zero-order chi connectivity index (χ0) is 29.3. The number of carbonyl (C=O) groups is 1. The second-order valence-corrected chi connectivity index (χ2v) is 23.5. The summed E-state index contributed by atoms with van der Waals surface area (Å²) >= 11 is 0. The Labute approximate surface area is 234 Å². The van der Waals surface area contributed by atoms with Crippen molar-refractivity contribution in [2.75, 3.05) is 7.11 Å². The van der Waals surface area contributed by atoms with Crippen LogP contribution in [0.25, 0.3) is 0 Å². The van der Waals surface area contributed by atoms with Crippen molar-refractivity contribution in [1.82, 2.24) is 0 Å². The molecule has 8 heteroatoms. The highest BCUT2D eigenvalue weighted by atomic mass is 28.4. The fraction of sp³-hybridized carbons (Fsp3) is 0.767. The number of esters is 1. The standard InChI is InChI=1S/C30H54O6Si2/c1-20(23-18-16-15-17-19-23)21(2)27(31)34-24-22(3)33-28(32-10)26(36-38(13,14)30(7,8)9)25(24)35-37(11,12)29(4,5)6/h15-22,24-26,28H,1-14H3/t20-,21-,22?,24?,25?,26?,28?/m0/s1. The molecule has 218 valence electrons. The van der Waals surface area contributed by atoms with Gasteiger partial charge in [-0.25, -0.2) is 0 Å². The summed E-state index contributed by atoms with van der Waals surface area (Å²) in [7, 11) is -2.91. The number of methoxy groups -OCH3 is 1. The van der Waals surface area contributed by atoms with E-state index in [1.165, 1.54) is 0 Å². The maximum Gasteiger partial charge on any atom is 0.309 e. The van der Waals surface area contributed by atoms with Crippen LogP contribution >= 0.6 is 0 Å². The minimum Gasteiger partial charge on any atom is -0.457 e. The van der Waals surface area contributed by atoms with Crippen molar-refractivity contribution < 1.29 is 27.9 Å². The molecule has 5 unspecified atom stereocenters. The molecule has 2 rings (SSSR count). The molecule has 1 fully saturated rings. The lowest BCUT2D eigenvalue weighted by molar-refractivity contribution is -0.283. The zero-order valence-electron chi connectivity index (χ0n) is 26.4. The Balaban J connectivity index is 2.47. The summed E-state index contributed by atoms with van der Waals surface area (Å²) in [5, 5.41) is -0.0655. The van der Waals surface area contributed by atoms with E-state index in [9.17, 15) is 4.79 Å². The molecule has 0 bridgehead atoms. The molecule has 38 heavy (non-hydrogen) atoms. The monoisotopic (exact) mass is 566 g/mol. The highest BCUT2D eigenvalue weighted by Crippen LogP contribution is 2.44. The number of rotatable bonds is 9. The molecular weight excluding hydrogens is 512 g/mol. The van der Waals surface area contributed by atoms with Gasteiger partial charge in [-0.2, -0.15) is 0 Å². The lowest BCUT2D eigenvalue weighted by Crippen LogP contribution is -2.65. The molecule has 0 aliphatic carbocycles. The largest absolute Gasteiger partial charge is 0.457 e. The topological polar surface area (TPSA) is 63.2 Å². The van der Waals surface area contributed by atoms with E-state index in [-0.39, 0.29) is 27.9 Å². The molecule has 1 saturated heterocycles. The Morgan fingerprint density at radius 2 is 1.32 bits per heavy atom. The number of ether oxygens (including phenoxy) is 3. The SMILES string of the molecule is COC1OC(C)C(OC(=O)[C@@H](C)[C@H](C)c2ccccc2)C(O[Si](C)(C)C(C)(C)C)C1O[Si](C)(C)C(C)(C)C. The van der Waals surface area contributed by atoms with E-state index >= 15 is 0 Å². The van der Waals surface area contributed by atoms with Crippen LogP contribution in [0.5, 0.6) is 0 Å². The molecule has 1 aromatic rings. The van der Waals surface area contributed by atoms with Crippen LogP contribution in [0.4, 0.5) is 0 Å². The quantitative estimate of drug-likeness (QED) is 0.228. The molecule has 0 radical (unpaired) electrons. The van der Waals surface area contributed by atoms with Crippen molar-refractivity contribution in [3.8, 4) is 0 Å². The van der Waals surface area contributed by atoms with E-state index in [0.29, 0.717) is 0 Å². The fourth-order valence-electron chi connectivity index (χ4n) is 4.11.